The third-order valence-corrected chi connectivity index (χ3v) is 2.40. The summed E-state index contributed by atoms with van der Waals surface area (Å²) in [5.74, 6) is 0. The maximum atomic E-state index is 2.21. The minimum absolute atomic E-state index is 1.25. The molecule has 0 radical (unpaired) electrons. The zero-order chi connectivity index (χ0) is 14.7. The standard InChI is InChI=1S/C14H14.C3H8.C2H6/c1-11-6-8-13(9-7-11)14-5-3-4-12(2)10-14;1-3-2;1-2/h3-10H,1-2H3;3H2,1-2H3;1-2H3. The summed E-state index contributed by atoms with van der Waals surface area (Å²) in [7, 11) is 0. The van der Waals surface area contributed by atoms with Gasteiger partial charge in [-0.15, -0.1) is 0 Å². The van der Waals surface area contributed by atoms with Crippen molar-refractivity contribution in [1.82, 2.24) is 0 Å². The molecular formula is C19H28. The van der Waals surface area contributed by atoms with Gasteiger partial charge in [0.1, 0.15) is 0 Å². The van der Waals surface area contributed by atoms with Crippen LogP contribution in [-0.2, 0) is 0 Å². The molecule has 104 valence electrons. The summed E-state index contributed by atoms with van der Waals surface area (Å²) >= 11 is 0. The maximum absolute atomic E-state index is 2.21. The molecule has 0 unspecified atom stereocenters. The summed E-state index contributed by atoms with van der Waals surface area (Å²) in [6.45, 7) is 12.5. The Hall–Kier alpha value is -1.56. The van der Waals surface area contributed by atoms with Crippen LogP contribution < -0.4 is 0 Å². The van der Waals surface area contributed by atoms with Gasteiger partial charge in [-0.1, -0.05) is 93.8 Å². The van der Waals surface area contributed by atoms with Crippen molar-refractivity contribution in [2.24, 2.45) is 0 Å². The van der Waals surface area contributed by atoms with Crippen LogP contribution in [0.2, 0.25) is 0 Å². The molecule has 0 aliphatic rings. The molecule has 2 rings (SSSR count). The van der Waals surface area contributed by atoms with Crippen LogP contribution in [0.4, 0.5) is 0 Å². The summed E-state index contributed by atoms with van der Waals surface area (Å²) in [6.07, 6.45) is 1.25. The lowest BCUT2D eigenvalue weighted by molar-refractivity contribution is 1.09. The Kier molecular flexibility index (Phi) is 9.52. The van der Waals surface area contributed by atoms with Gasteiger partial charge in [0.2, 0.25) is 0 Å². The van der Waals surface area contributed by atoms with Crippen LogP contribution >= 0.6 is 0 Å². The van der Waals surface area contributed by atoms with Crippen molar-refractivity contribution in [1.29, 1.82) is 0 Å². The van der Waals surface area contributed by atoms with Crippen molar-refractivity contribution in [2.75, 3.05) is 0 Å². The van der Waals surface area contributed by atoms with E-state index in [9.17, 15) is 0 Å². The van der Waals surface area contributed by atoms with Gasteiger partial charge < -0.3 is 0 Å². The highest BCUT2D eigenvalue weighted by Crippen LogP contribution is 2.20. The molecular weight excluding hydrogens is 228 g/mol. The normalized spacial score (nSPS) is 8.74. The van der Waals surface area contributed by atoms with Crippen molar-refractivity contribution in [3.8, 4) is 11.1 Å². The monoisotopic (exact) mass is 256 g/mol. The van der Waals surface area contributed by atoms with E-state index in [2.05, 4.69) is 76.2 Å². The first-order valence-corrected chi connectivity index (χ1v) is 7.31. The second kappa shape index (κ2) is 10.4. The predicted molar refractivity (Wildman–Crippen MR) is 88.7 cm³/mol. The fourth-order valence-corrected chi connectivity index (χ4v) is 1.57. The maximum Gasteiger partial charge on any atom is -0.0181 e. The first-order valence-electron chi connectivity index (χ1n) is 7.31. The average molecular weight is 256 g/mol. The summed E-state index contributed by atoms with van der Waals surface area (Å²) in [4.78, 5) is 0. The van der Waals surface area contributed by atoms with Crippen LogP contribution in [0.1, 0.15) is 45.2 Å². The van der Waals surface area contributed by atoms with E-state index in [4.69, 9.17) is 0 Å². The minimum atomic E-state index is 1.25. The molecule has 2 aromatic carbocycles. The lowest BCUT2D eigenvalue weighted by atomic mass is 10.0. The highest BCUT2D eigenvalue weighted by atomic mass is 14.0. The Morgan fingerprint density at radius 2 is 1.21 bits per heavy atom. The Labute approximate surface area is 119 Å². The molecule has 0 aliphatic carbocycles. The molecule has 0 heteroatoms. The second-order valence-electron chi connectivity index (χ2n) is 4.44. The molecule has 0 atom stereocenters. The lowest BCUT2D eigenvalue weighted by Gasteiger charge is -2.02. The Morgan fingerprint density at radius 1 is 0.684 bits per heavy atom. The number of aryl methyl sites for hydroxylation is 2. The molecule has 0 fully saturated rings. The van der Waals surface area contributed by atoms with Crippen molar-refractivity contribution < 1.29 is 0 Å². The molecule has 0 nitrogen and oxygen atoms in total. The second-order valence-corrected chi connectivity index (χ2v) is 4.44. The fraction of sp³-hybridized carbons (Fsp3) is 0.368. The number of benzene rings is 2. The van der Waals surface area contributed by atoms with E-state index in [0.717, 1.165) is 0 Å². The molecule has 0 amide bonds. The van der Waals surface area contributed by atoms with Gasteiger partial charge in [-0.05, 0) is 25.0 Å². The quantitative estimate of drug-likeness (QED) is 0.552. The van der Waals surface area contributed by atoms with E-state index in [1.54, 1.807) is 0 Å². The lowest BCUT2D eigenvalue weighted by Crippen LogP contribution is -1.79. The van der Waals surface area contributed by atoms with Crippen LogP contribution in [0, 0.1) is 13.8 Å². The van der Waals surface area contributed by atoms with Gasteiger partial charge in [0, 0.05) is 0 Å². The van der Waals surface area contributed by atoms with Gasteiger partial charge >= 0.3 is 0 Å². The first kappa shape index (κ1) is 17.4. The molecule has 0 spiro atoms. The van der Waals surface area contributed by atoms with Crippen molar-refractivity contribution >= 4 is 0 Å². The molecule has 0 saturated heterocycles. The predicted octanol–water partition coefficient (Wildman–Crippen LogP) is 6.41. The summed E-state index contributed by atoms with van der Waals surface area (Å²) in [5.41, 5.74) is 5.20. The van der Waals surface area contributed by atoms with E-state index in [1.807, 2.05) is 13.8 Å². The molecule has 2 aromatic rings. The van der Waals surface area contributed by atoms with E-state index in [1.165, 1.54) is 28.7 Å². The molecule has 0 N–H and O–H groups in total. The third-order valence-electron chi connectivity index (χ3n) is 2.40. The number of hydrogen-bond acceptors (Lipinski definition) is 0. The van der Waals surface area contributed by atoms with Crippen LogP contribution in [0.15, 0.2) is 48.5 Å². The van der Waals surface area contributed by atoms with Gasteiger partial charge in [-0.3, -0.25) is 0 Å². The van der Waals surface area contributed by atoms with Crippen LogP contribution in [0.5, 0.6) is 0 Å². The molecule has 19 heavy (non-hydrogen) atoms. The van der Waals surface area contributed by atoms with E-state index in [0.29, 0.717) is 0 Å². The van der Waals surface area contributed by atoms with Crippen molar-refractivity contribution in [3.63, 3.8) is 0 Å². The SMILES string of the molecule is CC.CCC.Cc1ccc(-c2cccc(C)c2)cc1. The van der Waals surface area contributed by atoms with Crippen LogP contribution in [-0.4, -0.2) is 0 Å². The van der Waals surface area contributed by atoms with Crippen molar-refractivity contribution in [2.45, 2.75) is 48.0 Å². The van der Waals surface area contributed by atoms with Gasteiger partial charge in [0.15, 0.2) is 0 Å². The van der Waals surface area contributed by atoms with E-state index >= 15 is 0 Å². The largest absolute Gasteiger partial charge is 0.0683 e. The molecule has 0 saturated carbocycles. The zero-order valence-corrected chi connectivity index (χ0v) is 13.3. The topological polar surface area (TPSA) is 0 Å². The van der Waals surface area contributed by atoms with Crippen LogP contribution in [0.3, 0.4) is 0 Å². The Morgan fingerprint density at radius 3 is 1.68 bits per heavy atom. The first-order chi connectivity index (χ1) is 9.17. The molecule has 0 bridgehead atoms. The van der Waals surface area contributed by atoms with Gasteiger partial charge in [-0.2, -0.15) is 0 Å². The Balaban J connectivity index is 0.000000573. The fourth-order valence-electron chi connectivity index (χ4n) is 1.57. The van der Waals surface area contributed by atoms with Gasteiger partial charge in [-0.25, -0.2) is 0 Å². The number of hydrogen-bond donors (Lipinski definition) is 0. The Bertz CT molecular complexity index is 438. The summed E-state index contributed by atoms with van der Waals surface area (Å²) in [6, 6.07) is 17.2. The number of rotatable bonds is 1. The average Bonchev–Trinajstić information content (AvgIpc) is 2.43. The smallest absolute Gasteiger partial charge is 0.0181 e. The molecule has 0 aromatic heterocycles. The van der Waals surface area contributed by atoms with Crippen molar-refractivity contribution in [3.05, 3.63) is 59.7 Å². The summed E-state index contributed by atoms with van der Waals surface area (Å²) < 4.78 is 0. The third kappa shape index (κ3) is 6.81. The summed E-state index contributed by atoms with van der Waals surface area (Å²) in [5, 5.41) is 0. The van der Waals surface area contributed by atoms with E-state index < -0.39 is 0 Å². The zero-order valence-electron chi connectivity index (χ0n) is 13.3. The van der Waals surface area contributed by atoms with Gasteiger partial charge in [0.25, 0.3) is 0 Å². The highest BCUT2D eigenvalue weighted by molar-refractivity contribution is 5.64. The molecule has 0 aliphatic heterocycles. The van der Waals surface area contributed by atoms with Gasteiger partial charge in [0.05, 0.1) is 0 Å². The molecule has 0 heterocycles. The van der Waals surface area contributed by atoms with Crippen LogP contribution in [0.25, 0.3) is 11.1 Å². The highest BCUT2D eigenvalue weighted by Gasteiger charge is 1.96. The van der Waals surface area contributed by atoms with E-state index in [-0.39, 0.29) is 0 Å². The minimum Gasteiger partial charge on any atom is -0.0683 e.